The van der Waals surface area contributed by atoms with E-state index >= 15 is 0 Å². The Morgan fingerprint density at radius 2 is 1.72 bits per heavy atom. The van der Waals surface area contributed by atoms with Gasteiger partial charge in [0, 0.05) is 10.4 Å². The second kappa shape index (κ2) is 6.17. The van der Waals surface area contributed by atoms with Crippen LogP contribution < -0.4 is 5.73 Å². The third-order valence-corrected chi connectivity index (χ3v) is 4.03. The molecule has 0 radical (unpaired) electrons. The maximum atomic E-state index is 5.93. The molecule has 0 spiro atoms. The molecule has 2 heteroatoms. The van der Waals surface area contributed by atoms with E-state index in [-0.39, 0.29) is 0 Å². The molecule has 1 unspecified atom stereocenters. The molecule has 1 nitrogen and oxygen atoms in total. The van der Waals surface area contributed by atoms with E-state index in [0.717, 1.165) is 10.9 Å². The van der Waals surface area contributed by atoms with Crippen LogP contribution in [-0.2, 0) is 6.42 Å². The van der Waals surface area contributed by atoms with Gasteiger partial charge in [0.25, 0.3) is 0 Å². The molecule has 1 atom stereocenters. The molecule has 0 aromatic heterocycles. The van der Waals surface area contributed by atoms with Crippen molar-refractivity contribution in [1.82, 2.24) is 0 Å². The number of hydrogen-bond donors (Lipinski definition) is 1. The van der Waals surface area contributed by atoms with Crippen LogP contribution in [0.15, 0.2) is 53.0 Å². The van der Waals surface area contributed by atoms with Gasteiger partial charge in [-0.2, -0.15) is 0 Å². The van der Waals surface area contributed by atoms with Crippen LogP contribution in [-0.4, -0.2) is 6.54 Å². The normalized spacial score (nSPS) is 12.4. The smallest absolute Gasteiger partial charge is 0.0207 e. The van der Waals surface area contributed by atoms with Gasteiger partial charge in [0.15, 0.2) is 0 Å². The van der Waals surface area contributed by atoms with Crippen LogP contribution in [0, 0.1) is 6.92 Å². The predicted octanol–water partition coefficient (Wildman–Crippen LogP) is 4.04. The summed E-state index contributed by atoms with van der Waals surface area (Å²) >= 11 is 3.60. The van der Waals surface area contributed by atoms with E-state index in [9.17, 15) is 0 Å². The first-order valence-electron chi connectivity index (χ1n) is 6.20. The van der Waals surface area contributed by atoms with Crippen LogP contribution in [0.2, 0.25) is 0 Å². The first kappa shape index (κ1) is 13.3. The van der Waals surface area contributed by atoms with E-state index in [1.807, 2.05) is 6.07 Å². The molecule has 2 aromatic carbocycles. The standard InChI is InChI=1S/C16H18BrN/c1-12-6-8-13(9-7-12)15(11-18)10-14-4-2-3-5-16(14)17/h2-9,15H,10-11,18H2,1H3. The highest BCUT2D eigenvalue weighted by atomic mass is 79.9. The van der Waals surface area contributed by atoms with Crippen LogP contribution in [0.4, 0.5) is 0 Å². The third kappa shape index (κ3) is 3.21. The third-order valence-electron chi connectivity index (χ3n) is 3.26. The summed E-state index contributed by atoms with van der Waals surface area (Å²) in [5.74, 6) is 0.379. The molecule has 94 valence electrons. The number of benzene rings is 2. The molecular formula is C16H18BrN. The van der Waals surface area contributed by atoms with Crippen molar-refractivity contribution >= 4 is 15.9 Å². The van der Waals surface area contributed by atoms with Crippen molar-refractivity contribution in [1.29, 1.82) is 0 Å². The zero-order valence-corrected chi connectivity index (χ0v) is 12.2. The molecule has 2 N–H and O–H groups in total. The molecule has 0 heterocycles. The number of rotatable bonds is 4. The second-order valence-corrected chi connectivity index (χ2v) is 5.49. The van der Waals surface area contributed by atoms with Crippen molar-refractivity contribution in [2.24, 2.45) is 5.73 Å². The maximum Gasteiger partial charge on any atom is 0.0207 e. The van der Waals surface area contributed by atoms with E-state index in [4.69, 9.17) is 5.73 Å². The Balaban J connectivity index is 2.20. The Hall–Kier alpha value is -1.12. The minimum atomic E-state index is 0.379. The Bertz CT molecular complexity index is 505. The molecule has 0 aliphatic carbocycles. The lowest BCUT2D eigenvalue weighted by molar-refractivity contribution is 0.692. The Labute approximate surface area is 117 Å². The molecule has 18 heavy (non-hydrogen) atoms. The Kier molecular flexibility index (Phi) is 4.56. The zero-order valence-electron chi connectivity index (χ0n) is 10.6. The summed E-state index contributed by atoms with van der Waals surface area (Å²) in [5.41, 5.74) is 9.84. The highest BCUT2D eigenvalue weighted by Crippen LogP contribution is 2.25. The van der Waals surface area contributed by atoms with E-state index in [1.54, 1.807) is 0 Å². The van der Waals surface area contributed by atoms with Gasteiger partial charge in [-0.15, -0.1) is 0 Å². The quantitative estimate of drug-likeness (QED) is 0.906. The summed E-state index contributed by atoms with van der Waals surface area (Å²) in [7, 11) is 0. The molecule has 2 aromatic rings. The van der Waals surface area contributed by atoms with Crippen molar-refractivity contribution in [3.05, 3.63) is 69.7 Å². The highest BCUT2D eigenvalue weighted by molar-refractivity contribution is 9.10. The average molecular weight is 304 g/mol. The van der Waals surface area contributed by atoms with Gasteiger partial charge in [-0.25, -0.2) is 0 Å². The van der Waals surface area contributed by atoms with Gasteiger partial charge in [-0.05, 0) is 37.1 Å². The van der Waals surface area contributed by atoms with Gasteiger partial charge < -0.3 is 5.73 Å². The monoisotopic (exact) mass is 303 g/mol. The first-order chi connectivity index (χ1) is 8.70. The first-order valence-corrected chi connectivity index (χ1v) is 7.00. The summed E-state index contributed by atoms with van der Waals surface area (Å²) in [4.78, 5) is 0. The van der Waals surface area contributed by atoms with E-state index in [0.29, 0.717) is 12.5 Å². The molecule has 0 aliphatic rings. The van der Waals surface area contributed by atoms with E-state index < -0.39 is 0 Å². The van der Waals surface area contributed by atoms with Gasteiger partial charge in [0.2, 0.25) is 0 Å². The number of halogens is 1. The van der Waals surface area contributed by atoms with Crippen LogP contribution in [0.5, 0.6) is 0 Å². The van der Waals surface area contributed by atoms with Crippen molar-refractivity contribution in [2.75, 3.05) is 6.54 Å². The van der Waals surface area contributed by atoms with Gasteiger partial charge in [-0.1, -0.05) is 64.0 Å². The van der Waals surface area contributed by atoms with Gasteiger partial charge in [0.1, 0.15) is 0 Å². The molecule has 2 rings (SSSR count). The topological polar surface area (TPSA) is 26.0 Å². The molecule has 0 amide bonds. The van der Waals surface area contributed by atoms with Crippen molar-refractivity contribution in [2.45, 2.75) is 19.3 Å². The molecule has 0 fully saturated rings. The molecule has 0 saturated heterocycles. The Morgan fingerprint density at radius 1 is 1.06 bits per heavy atom. The second-order valence-electron chi connectivity index (χ2n) is 4.64. The highest BCUT2D eigenvalue weighted by Gasteiger charge is 2.11. The van der Waals surface area contributed by atoms with Crippen LogP contribution in [0.3, 0.4) is 0 Å². The van der Waals surface area contributed by atoms with Crippen LogP contribution in [0.1, 0.15) is 22.6 Å². The summed E-state index contributed by atoms with van der Waals surface area (Å²) in [6, 6.07) is 17.0. The van der Waals surface area contributed by atoms with Gasteiger partial charge in [-0.3, -0.25) is 0 Å². The van der Waals surface area contributed by atoms with E-state index in [1.165, 1.54) is 16.7 Å². The number of nitrogens with two attached hydrogens (primary N) is 1. The Morgan fingerprint density at radius 3 is 2.33 bits per heavy atom. The van der Waals surface area contributed by atoms with Crippen molar-refractivity contribution in [3.8, 4) is 0 Å². The fourth-order valence-corrected chi connectivity index (χ4v) is 2.55. The van der Waals surface area contributed by atoms with Crippen LogP contribution >= 0.6 is 15.9 Å². The summed E-state index contributed by atoms with van der Waals surface area (Å²) < 4.78 is 1.16. The zero-order chi connectivity index (χ0) is 13.0. The lowest BCUT2D eigenvalue weighted by atomic mass is 9.91. The van der Waals surface area contributed by atoms with Crippen LogP contribution in [0.25, 0.3) is 0 Å². The van der Waals surface area contributed by atoms with Gasteiger partial charge >= 0.3 is 0 Å². The molecular weight excluding hydrogens is 286 g/mol. The lowest BCUT2D eigenvalue weighted by Crippen LogP contribution is -2.15. The van der Waals surface area contributed by atoms with Crippen molar-refractivity contribution < 1.29 is 0 Å². The fourth-order valence-electron chi connectivity index (χ4n) is 2.11. The largest absolute Gasteiger partial charge is 0.330 e. The van der Waals surface area contributed by atoms with Crippen molar-refractivity contribution in [3.63, 3.8) is 0 Å². The maximum absolute atomic E-state index is 5.93. The summed E-state index contributed by atoms with van der Waals surface area (Å²) in [6.07, 6.45) is 0.973. The minimum Gasteiger partial charge on any atom is -0.330 e. The van der Waals surface area contributed by atoms with Gasteiger partial charge in [0.05, 0.1) is 0 Å². The average Bonchev–Trinajstić information content (AvgIpc) is 2.39. The molecule has 0 saturated carbocycles. The summed E-state index contributed by atoms with van der Waals surface area (Å²) in [6.45, 7) is 2.78. The SMILES string of the molecule is Cc1ccc(C(CN)Cc2ccccc2Br)cc1. The lowest BCUT2D eigenvalue weighted by Gasteiger charge is -2.16. The number of aryl methyl sites for hydroxylation is 1. The molecule has 0 bridgehead atoms. The molecule has 0 aliphatic heterocycles. The summed E-state index contributed by atoms with van der Waals surface area (Å²) in [5, 5.41) is 0. The number of hydrogen-bond acceptors (Lipinski definition) is 1. The van der Waals surface area contributed by atoms with E-state index in [2.05, 4.69) is 65.3 Å². The fraction of sp³-hybridized carbons (Fsp3) is 0.250. The minimum absolute atomic E-state index is 0.379. The predicted molar refractivity (Wildman–Crippen MR) is 80.8 cm³/mol.